The van der Waals surface area contributed by atoms with Crippen LogP contribution in [0, 0.1) is 0 Å². The van der Waals surface area contributed by atoms with Gasteiger partial charge in [-0.3, -0.25) is 14.4 Å². The number of aryl methyl sites for hydroxylation is 1. The Balaban J connectivity index is 1.26. The van der Waals surface area contributed by atoms with Crippen molar-refractivity contribution in [2.45, 2.75) is 51.1 Å². The smallest absolute Gasteiger partial charge is 0.255 e. The molecule has 38 heavy (non-hydrogen) atoms. The molecular weight excluding hydrogens is 506 g/mol. The number of carbonyl (C=O) groups excluding carboxylic acids is 3. The van der Waals surface area contributed by atoms with E-state index < -0.39 is 0 Å². The van der Waals surface area contributed by atoms with Crippen LogP contribution in [0.25, 0.3) is 0 Å². The van der Waals surface area contributed by atoms with Crippen LogP contribution < -0.4 is 4.74 Å². The van der Waals surface area contributed by atoms with E-state index in [-0.39, 0.29) is 29.9 Å². The topological polar surface area (TPSA) is 82.1 Å². The molecule has 1 unspecified atom stereocenters. The molecule has 0 radical (unpaired) electrons. The molecule has 0 bridgehead atoms. The van der Waals surface area contributed by atoms with Crippen LogP contribution in [0.1, 0.15) is 52.7 Å². The lowest BCUT2D eigenvalue weighted by atomic mass is 9.90. The molecule has 1 heterocycles. The summed E-state index contributed by atoms with van der Waals surface area (Å²) in [6, 6.07) is 10.7. The molecule has 8 heteroatoms. The molecule has 1 aliphatic heterocycles. The Kier molecular flexibility index (Phi) is 9.72. The van der Waals surface area contributed by atoms with Gasteiger partial charge in [0.05, 0.1) is 30.9 Å². The van der Waals surface area contributed by atoms with Gasteiger partial charge < -0.3 is 19.1 Å². The zero-order chi connectivity index (χ0) is 27.1. The molecule has 0 saturated heterocycles. The quantitative estimate of drug-likeness (QED) is 0.270. The van der Waals surface area contributed by atoms with Crippen molar-refractivity contribution in [3.8, 4) is 5.75 Å². The summed E-state index contributed by atoms with van der Waals surface area (Å²) < 4.78 is 15.9. The zero-order valence-corrected chi connectivity index (χ0v) is 22.6. The Morgan fingerprint density at radius 2 is 1.87 bits per heavy atom. The highest BCUT2D eigenvalue weighted by Crippen LogP contribution is 2.31. The van der Waals surface area contributed by atoms with Crippen LogP contribution >= 0.6 is 11.6 Å². The maximum atomic E-state index is 12.9. The minimum Gasteiger partial charge on any atom is -0.490 e. The van der Waals surface area contributed by atoms with Crippen LogP contribution in [0.2, 0.25) is 5.02 Å². The first-order valence-corrected chi connectivity index (χ1v) is 13.3. The van der Waals surface area contributed by atoms with Gasteiger partial charge in [-0.2, -0.15) is 0 Å². The predicted octanol–water partition coefficient (Wildman–Crippen LogP) is 4.76. The number of ketones is 2. The minimum atomic E-state index is -0.372. The average molecular weight is 540 g/mol. The van der Waals surface area contributed by atoms with Crippen LogP contribution in [-0.4, -0.2) is 62.0 Å². The third kappa shape index (κ3) is 7.10. The normalized spacial score (nSPS) is 17.2. The molecule has 0 aromatic heterocycles. The number of hydrogen-bond acceptors (Lipinski definition) is 6. The summed E-state index contributed by atoms with van der Waals surface area (Å²) in [5.41, 5.74) is 4.34. The molecule has 1 amide bonds. The van der Waals surface area contributed by atoms with Crippen molar-refractivity contribution < 1.29 is 28.6 Å². The number of allylic oxidation sites excluding steroid dienone is 1. The van der Waals surface area contributed by atoms with Crippen molar-refractivity contribution in [1.82, 2.24) is 4.90 Å². The molecule has 2 aliphatic rings. The highest BCUT2D eigenvalue weighted by molar-refractivity contribution is 6.32. The summed E-state index contributed by atoms with van der Waals surface area (Å²) in [6.07, 6.45) is 3.01. The number of hydrogen-bond donors (Lipinski definition) is 0. The Morgan fingerprint density at radius 3 is 2.63 bits per heavy atom. The predicted molar refractivity (Wildman–Crippen MR) is 145 cm³/mol. The summed E-state index contributed by atoms with van der Waals surface area (Å²) >= 11 is 6.34. The van der Waals surface area contributed by atoms with Gasteiger partial charge in [-0.1, -0.05) is 42.0 Å². The standard InChI is InChI=1S/C30H34ClNO6/c1-20-3-9-27(28(34)15-20)32-19-23-16-21(5-8-25(23)30(32)35)4-7-24(33)17-22-6-10-29(26(31)18-22)38-14-13-37-12-11-36-2/h5-6,8,10,16,18,27H,1,3-4,7,9,11-15,17,19H2,2H3. The molecule has 0 spiro atoms. The fourth-order valence-electron chi connectivity index (χ4n) is 4.91. The lowest BCUT2D eigenvalue weighted by Crippen LogP contribution is -2.43. The number of methoxy groups -OCH3 is 1. The van der Waals surface area contributed by atoms with Crippen molar-refractivity contribution in [2.75, 3.05) is 33.5 Å². The second-order valence-electron chi connectivity index (χ2n) is 9.81. The van der Waals surface area contributed by atoms with Crippen LogP contribution in [0.4, 0.5) is 0 Å². The van der Waals surface area contributed by atoms with Crippen LogP contribution in [0.5, 0.6) is 5.75 Å². The maximum absolute atomic E-state index is 12.9. The second kappa shape index (κ2) is 13.2. The molecule has 2 aromatic rings. The van der Waals surface area contributed by atoms with E-state index in [1.807, 2.05) is 24.3 Å². The number of ether oxygens (including phenoxy) is 3. The van der Waals surface area contributed by atoms with Gasteiger partial charge in [0.15, 0.2) is 5.78 Å². The van der Waals surface area contributed by atoms with E-state index in [9.17, 15) is 14.4 Å². The number of benzene rings is 2. The minimum absolute atomic E-state index is 0.0693. The number of carbonyl (C=O) groups is 3. The maximum Gasteiger partial charge on any atom is 0.255 e. The van der Waals surface area contributed by atoms with Crippen molar-refractivity contribution in [3.05, 3.63) is 75.8 Å². The van der Waals surface area contributed by atoms with Gasteiger partial charge >= 0.3 is 0 Å². The summed E-state index contributed by atoms with van der Waals surface area (Å²) in [6.45, 7) is 6.20. The van der Waals surface area contributed by atoms with E-state index in [0.717, 1.165) is 28.7 Å². The lowest BCUT2D eigenvalue weighted by Gasteiger charge is -2.30. The fraction of sp³-hybridized carbons (Fsp3) is 0.433. The zero-order valence-electron chi connectivity index (χ0n) is 21.8. The van der Waals surface area contributed by atoms with Crippen molar-refractivity contribution in [2.24, 2.45) is 0 Å². The number of halogens is 1. The van der Waals surface area contributed by atoms with Crippen molar-refractivity contribution in [3.63, 3.8) is 0 Å². The Labute approximate surface area is 228 Å². The Hall–Kier alpha value is -3.00. The Bertz CT molecular complexity index is 1210. The van der Waals surface area contributed by atoms with Crippen LogP contribution in [0.15, 0.2) is 48.6 Å². The fourth-order valence-corrected chi connectivity index (χ4v) is 5.17. The molecule has 1 aliphatic carbocycles. The molecular formula is C30H34ClNO6. The summed E-state index contributed by atoms with van der Waals surface area (Å²) in [4.78, 5) is 39.8. The number of fused-ring (bicyclic) bond motifs is 1. The van der Waals surface area contributed by atoms with E-state index >= 15 is 0 Å². The second-order valence-corrected chi connectivity index (χ2v) is 10.2. The number of amides is 1. The molecule has 2 aromatic carbocycles. The molecule has 1 atom stereocenters. The van der Waals surface area contributed by atoms with Gasteiger partial charge in [0.2, 0.25) is 0 Å². The summed E-state index contributed by atoms with van der Waals surface area (Å²) in [5.74, 6) is 0.642. The first-order chi connectivity index (χ1) is 18.4. The molecule has 202 valence electrons. The summed E-state index contributed by atoms with van der Waals surface area (Å²) in [5, 5.41) is 0.459. The first kappa shape index (κ1) is 28.0. The van der Waals surface area contributed by atoms with Crippen molar-refractivity contribution >= 4 is 29.1 Å². The van der Waals surface area contributed by atoms with E-state index in [2.05, 4.69) is 6.58 Å². The molecule has 4 rings (SSSR count). The van der Waals surface area contributed by atoms with Gasteiger partial charge in [-0.25, -0.2) is 0 Å². The van der Waals surface area contributed by atoms with Gasteiger partial charge in [-0.05, 0) is 54.2 Å². The average Bonchev–Trinajstić information content (AvgIpc) is 3.21. The highest BCUT2D eigenvalue weighted by Gasteiger charge is 2.37. The first-order valence-electron chi connectivity index (χ1n) is 13.0. The third-order valence-electron chi connectivity index (χ3n) is 6.95. The van der Waals surface area contributed by atoms with Gasteiger partial charge in [0.25, 0.3) is 5.91 Å². The number of Topliss-reactive ketones (excluding diaryl/α,β-unsaturated/α-hetero) is 2. The van der Waals surface area contributed by atoms with Crippen LogP contribution in [-0.2, 0) is 38.4 Å². The molecule has 1 fully saturated rings. The monoisotopic (exact) mass is 539 g/mol. The molecule has 0 N–H and O–H groups in total. The van der Waals surface area contributed by atoms with E-state index in [1.165, 1.54) is 0 Å². The largest absolute Gasteiger partial charge is 0.490 e. The van der Waals surface area contributed by atoms with E-state index in [1.54, 1.807) is 24.1 Å². The highest BCUT2D eigenvalue weighted by atomic mass is 35.5. The number of rotatable bonds is 13. The van der Waals surface area contributed by atoms with E-state index in [4.69, 9.17) is 25.8 Å². The Morgan fingerprint density at radius 1 is 1.08 bits per heavy atom. The van der Waals surface area contributed by atoms with Gasteiger partial charge in [-0.15, -0.1) is 0 Å². The molecule has 1 saturated carbocycles. The van der Waals surface area contributed by atoms with Crippen molar-refractivity contribution in [1.29, 1.82) is 0 Å². The molecule has 7 nitrogen and oxygen atoms in total. The van der Waals surface area contributed by atoms with E-state index in [0.29, 0.717) is 75.0 Å². The van der Waals surface area contributed by atoms with Gasteiger partial charge in [0, 0.05) is 38.5 Å². The SMILES string of the molecule is C=C1CCC(N2Cc3cc(CCC(=O)Cc4ccc(OCCOCCOC)c(Cl)c4)ccc3C2=O)C(=O)C1. The summed E-state index contributed by atoms with van der Waals surface area (Å²) in [7, 11) is 1.62. The van der Waals surface area contributed by atoms with Gasteiger partial charge in [0.1, 0.15) is 18.1 Å². The lowest BCUT2D eigenvalue weighted by molar-refractivity contribution is -0.124. The van der Waals surface area contributed by atoms with Crippen LogP contribution in [0.3, 0.4) is 0 Å². The third-order valence-corrected chi connectivity index (χ3v) is 7.25. The number of nitrogens with zero attached hydrogens (tertiary/aromatic N) is 1.